The number of aromatic nitrogens is 3. The normalized spacial score (nSPS) is 25.5. The van der Waals surface area contributed by atoms with Crippen LogP contribution in [0.4, 0.5) is 10.6 Å². The third-order valence-electron chi connectivity index (χ3n) is 6.95. The summed E-state index contributed by atoms with van der Waals surface area (Å²) in [6.45, 7) is 9.61. The lowest BCUT2D eigenvalue weighted by atomic mass is 9.68. The van der Waals surface area contributed by atoms with Crippen molar-refractivity contribution in [3.8, 4) is 6.07 Å². The highest BCUT2D eigenvalue weighted by molar-refractivity contribution is 5.89. The van der Waals surface area contributed by atoms with E-state index >= 15 is 0 Å². The highest BCUT2D eigenvalue weighted by Crippen LogP contribution is 2.48. The van der Waals surface area contributed by atoms with Gasteiger partial charge < -0.3 is 13.8 Å². The predicted molar refractivity (Wildman–Crippen MR) is 123 cm³/mol. The zero-order valence-corrected chi connectivity index (χ0v) is 19.6. The van der Waals surface area contributed by atoms with Gasteiger partial charge in [0.05, 0.1) is 35.5 Å². The van der Waals surface area contributed by atoms with Crippen molar-refractivity contribution in [1.29, 1.82) is 5.26 Å². The van der Waals surface area contributed by atoms with Gasteiger partial charge in [0.1, 0.15) is 11.4 Å². The molecule has 5 rings (SSSR count). The van der Waals surface area contributed by atoms with Gasteiger partial charge in [-0.3, -0.25) is 4.90 Å². The molecule has 2 aromatic heterocycles. The first kappa shape index (κ1) is 21.5. The second-order valence-corrected chi connectivity index (χ2v) is 11.0. The van der Waals surface area contributed by atoms with Gasteiger partial charge in [0, 0.05) is 18.0 Å². The van der Waals surface area contributed by atoms with Gasteiger partial charge in [0.2, 0.25) is 0 Å². The van der Waals surface area contributed by atoms with E-state index in [0.717, 1.165) is 49.0 Å². The lowest BCUT2D eigenvalue weighted by Crippen LogP contribution is -2.45. The predicted octanol–water partition coefficient (Wildman–Crippen LogP) is 5.17. The lowest BCUT2D eigenvalue weighted by molar-refractivity contribution is -0.0264. The van der Waals surface area contributed by atoms with Gasteiger partial charge in [-0.2, -0.15) is 5.26 Å². The molecule has 172 valence electrons. The number of carbonyl (C=O) groups excluding carboxylic acids is 1. The smallest absolute Gasteiger partial charge is 0.416 e. The number of amides is 1. The molecule has 1 amide bonds. The third kappa shape index (κ3) is 3.86. The summed E-state index contributed by atoms with van der Waals surface area (Å²) in [6, 6.07) is 9.61. The van der Waals surface area contributed by atoms with Crippen LogP contribution in [0.2, 0.25) is 0 Å². The fourth-order valence-corrected chi connectivity index (χ4v) is 5.36. The summed E-state index contributed by atoms with van der Waals surface area (Å²) in [7, 11) is 0. The molecule has 1 saturated heterocycles. The molecule has 1 aliphatic carbocycles. The van der Waals surface area contributed by atoms with Gasteiger partial charge in [0.15, 0.2) is 5.82 Å². The minimum Gasteiger partial charge on any atom is -0.441 e. The minimum atomic E-state index is -0.543. The SMILES string of the molecule is CC1(Cn2cnc3ccc(C#N)cc32)CCCC2(CN(c3cc(C(C)(C)C)on3)C(=O)O2)C1. The van der Waals surface area contributed by atoms with Crippen LogP contribution in [0.1, 0.15) is 64.7 Å². The summed E-state index contributed by atoms with van der Waals surface area (Å²) >= 11 is 0. The third-order valence-corrected chi connectivity index (χ3v) is 6.95. The first-order chi connectivity index (χ1) is 15.6. The molecule has 1 aliphatic heterocycles. The summed E-state index contributed by atoms with van der Waals surface area (Å²) in [5.74, 6) is 1.25. The van der Waals surface area contributed by atoms with Gasteiger partial charge in [-0.25, -0.2) is 9.78 Å². The van der Waals surface area contributed by atoms with Crippen molar-refractivity contribution in [1.82, 2.24) is 14.7 Å². The van der Waals surface area contributed by atoms with Crippen LogP contribution in [0.3, 0.4) is 0 Å². The van der Waals surface area contributed by atoms with Crippen molar-refractivity contribution in [3.05, 3.63) is 41.9 Å². The summed E-state index contributed by atoms with van der Waals surface area (Å²) in [5.41, 5.74) is 1.65. The fourth-order valence-electron chi connectivity index (χ4n) is 5.36. The summed E-state index contributed by atoms with van der Waals surface area (Å²) in [4.78, 5) is 19.0. The van der Waals surface area contributed by atoms with E-state index in [-0.39, 0.29) is 16.9 Å². The molecule has 8 nitrogen and oxygen atoms in total. The van der Waals surface area contributed by atoms with E-state index in [2.05, 4.69) is 27.7 Å². The number of hydrogen-bond acceptors (Lipinski definition) is 6. The molecule has 2 fully saturated rings. The van der Waals surface area contributed by atoms with Gasteiger partial charge in [-0.15, -0.1) is 0 Å². The molecule has 2 unspecified atom stereocenters. The van der Waals surface area contributed by atoms with Crippen molar-refractivity contribution in [2.24, 2.45) is 5.41 Å². The molecule has 8 heteroatoms. The topological polar surface area (TPSA) is 97.2 Å². The first-order valence-corrected chi connectivity index (χ1v) is 11.4. The molecule has 1 aromatic carbocycles. The van der Waals surface area contributed by atoms with Crippen LogP contribution in [-0.2, 0) is 16.7 Å². The number of hydrogen-bond donors (Lipinski definition) is 0. The van der Waals surface area contributed by atoms with Gasteiger partial charge >= 0.3 is 6.09 Å². The summed E-state index contributed by atoms with van der Waals surface area (Å²) < 4.78 is 13.7. The Morgan fingerprint density at radius 3 is 2.79 bits per heavy atom. The van der Waals surface area contributed by atoms with Crippen LogP contribution < -0.4 is 4.90 Å². The van der Waals surface area contributed by atoms with Crippen LogP contribution in [0.15, 0.2) is 35.1 Å². The number of carbonyl (C=O) groups is 1. The second-order valence-electron chi connectivity index (χ2n) is 11.0. The van der Waals surface area contributed by atoms with Gasteiger partial charge in [-0.1, -0.05) is 32.9 Å². The van der Waals surface area contributed by atoms with Gasteiger partial charge in [0.25, 0.3) is 0 Å². The molecular weight excluding hydrogens is 418 g/mol. The summed E-state index contributed by atoms with van der Waals surface area (Å²) in [6.07, 6.45) is 5.07. The number of imidazole rings is 1. The zero-order chi connectivity index (χ0) is 23.4. The monoisotopic (exact) mass is 447 g/mol. The standard InChI is InChI=1S/C25H29N5O3/c1-23(2,3)20-11-21(28-33-20)30-15-25(32-22(30)31)9-5-8-24(4,13-25)14-29-16-27-18-7-6-17(12-26)10-19(18)29/h6-7,10-11,16H,5,8-9,13-15H2,1-4H3. The molecule has 0 radical (unpaired) electrons. The van der Waals surface area contributed by atoms with E-state index in [0.29, 0.717) is 17.9 Å². The Bertz CT molecular complexity index is 1260. The number of nitriles is 1. The maximum Gasteiger partial charge on any atom is 0.416 e. The Morgan fingerprint density at radius 2 is 2.06 bits per heavy atom. The maximum absolute atomic E-state index is 12.9. The Hall–Kier alpha value is -3.34. The van der Waals surface area contributed by atoms with Crippen LogP contribution in [0.5, 0.6) is 0 Å². The number of ether oxygens (including phenoxy) is 1. The largest absolute Gasteiger partial charge is 0.441 e. The van der Waals surface area contributed by atoms with E-state index in [1.165, 1.54) is 0 Å². The fraction of sp³-hybridized carbons (Fsp3) is 0.520. The molecule has 0 N–H and O–H groups in total. The second kappa shape index (κ2) is 7.34. The Kier molecular flexibility index (Phi) is 4.78. The Balaban J connectivity index is 1.38. The van der Waals surface area contributed by atoms with E-state index in [4.69, 9.17) is 9.26 Å². The number of anilines is 1. The molecule has 2 aliphatic rings. The van der Waals surface area contributed by atoms with E-state index in [1.54, 1.807) is 11.0 Å². The molecule has 1 saturated carbocycles. The molecule has 3 heterocycles. The zero-order valence-electron chi connectivity index (χ0n) is 19.6. The van der Waals surface area contributed by atoms with Crippen molar-refractivity contribution in [3.63, 3.8) is 0 Å². The van der Waals surface area contributed by atoms with E-state index in [1.807, 2.05) is 45.3 Å². The van der Waals surface area contributed by atoms with Crippen molar-refractivity contribution >= 4 is 22.9 Å². The average molecular weight is 448 g/mol. The molecule has 3 aromatic rings. The molecule has 33 heavy (non-hydrogen) atoms. The summed E-state index contributed by atoms with van der Waals surface area (Å²) in [5, 5.41) is 13.4. The highest BCUT2D eigenvalue weighted by atomic mass is 16.6. The maximum atomic E-state index is 12.9. The van der Waals surface area contributed by atoms with Crippen LogP contribution >= 0.6 is 0 Å². The average Bonchev–Trinajstić information content (AvgIpc) is 3.45. The lowest BCUT2D eigenvalue weighted by Gasteiger charge is -2.43. The first-order valence-electron chi connectivity index (χ1n) is 11.4. The Labute approximate surface area is 193 Å². The van der Waals surface area contributed by atoms with E-state index in [9.17, 15) is 10.1 Å². The van der Waals surface area contributed by atoms with Crippen molar-refractivity contribution < 1.29 is 14.1 Å². The molecular formula is C25H29N5O3. The number of rotatable bonds is 3. The highest BCUT2D eigenvalue weighted by Gasteiger charge is 2.52. The van der Waals surface area contributed by atoms with Crippen LogP contribution in [0.25, 0.3) is 11.0 Å². The Morgan fingerprint density at radius 1 is 1.24 bits per heavy atom. The van der Waals surface area contributed by atoms with Crippen LogP contribution in [0, 0.1) is 16.7 Å². The number of nitrogens with zero attached hydrogens (tertiary/aromatic N) is 5. The van der Waals surface area contributed by atoms with Crippen molar-refractivity contribution in [2.75, 3.05) is 11.4 Å². The molecule has 0 bridgehead atoms. The molecule has 1 spiro atoms. The molecule has 2 atom stereocenters. The van der Waals surface area contributed by atoms with E-state index < -0.39 is 5.60 Å². The minimum absolute atomic E-state index is 0.0782. The van der Waals surface area contributed by atoms with Gasteiger partial charge in [-0.05, 0) is 49.3 Å². The van der Waals surface area contributed by atoms with Crippen LogP contribution in [-0.4, -0.2) is 32.9 Å². The quantitative estimate of drug-likeness (QED) is 0.549. The number of fused-ring (bicyclic) bond motifs is 1. The van der Waals surface area contributed by atoms with Crippen molar-refractivity contribution in [2.45, 2.75) is 70.9 Å². The number of benzene rings is 1.